The fourth-order valence-electron chi connectivity index (χ4n) is 5.47. The van der Waals surface area contributed by atoms with Gasteiger partial charge < -0.3 is 19.3 Å². The van der Waals surface area contributed by atoms with Gasteiger partial charge in [0.05, 0.1) is 24.3 Å². The third-order valence-electron chi connectivity index (χ3n) is 7.22. The molecule has 0 radical (unpaired) electrons. The maximum Gasteiger partial charge on any atom is 0.338 e. The third-order valence-corrected chi connectivity index (χ3v) is 7.22. The summed E-state index contributed by atoms with van der Waals surface area (Å²) >= 11 is 0. The van der Waals surface area contributed by atoms with Crippen molar-refractivity contribution in [2.75, 3.05) is 52.5 Å². The van der Waals surface area contributed by atoms with E-state index in [1.165, 1.54) is 0 Å². The summed E-state index contributed by atoms with van der Waals surface area (Å²) in [5.41, 5.74) is 5.58. The molecule has 0 saturated heterocycles. The Morgan fingerprint density at radius 1 is 0.615 bits per heavy atom. The summed E-state index contributed by atoms with van der Waals surface area (Å²) in [7, 11) is 0. The molecule has 1 aliphatic carbocycles. The first-order chi connectivity index (χ1) is 19.0. The number of hydrogen-bond donors (Lipinski definition) is 0. The van der Waals surface area contributed by atoms with Gasteiger partial charge in [0, 0.05) is 13.1 Å². The van der Waals surface area contributed by atoms with Crippen LogP contribution < -0.4 is 0 Å². The first-order valence-electron chi connectivity index (χ1n) is 15.1. The molecule has 0 aromatic heterocycles. The molecule has 6 nitrogen and oxygen atoms in total. The summed E-state index contributed by atoms with van der Waals surface area (Å²) in [5, 5.41) is 0. The number of carbonyl (C=O) groups is 2. The van der Waals surface area contributed by atoms with Crippen molar-refractivity contribution >= 4 is 11.9 Å². The average Bonchev–Trinajstić information content (AvgIpc) is 3.30. The van der Waals surface area contributed by atoms with Crippen LogP contribution in [0.15, 0.2) is 36.4 Å². The number of nitrogens with zero attached hydrogens (tertiary/aromatic N) is 2. The molecule has 2 aromatic rings. The Labute approximate surface area is 235 Å². The summed E-state index contributed by atoms with van der Waals surface area (Å²) in [5.74, 6) is -0.543. The molecule has 0 atom stereocenters. The quantitative estimate of drug-likeness (QED) is 0.135. The lowest BCUT2D eigenvalue weighted by atomic mass is 10.0. The zero-order valence-electron chi connectivity index (χ0n) is 24.6. The van der Waals surface area contributed by atoms with E-state index < -0.39 is 0 Å². The minimum absolute atomic E-state index is 0.271. The summed E-state index contributed by atoms with van der Waals surface area (Å²) in [6.07, 6.45) is 6.93. The van der Waals surface area contributed by atoms with Gasteiger partial charge in [-0.25, -0.2) is 9.59 Å². The second-order valence-corrected chi connectivity index (χ2v) is 10.6. The number of benzene rings is 2. The molecule has 0 heterocycles. The van der Waals surface area contributed by atoms with Crippen molar-refractivity contribution < 1.29 is 19.1 Å². The molecule has 0 saturated carbocycles. The Morgan fingerprint density at radius 3 is 1.36 bits per heavy atom. The molecule has 1 aliphatic rings. The maximum atomic E-state index is 12.7. The van der Waals surface area contributed by atoms with Crippen LogP contribution in [0.4, 0.5) is 0 Å². The van der Waals surface area contributed by atoms with E-state index >= 15 is 0 Å². The van der Waals surface area contributed by atoms with Gasteiger partial charge in [-0.15, -0.1) is 0 Å². The SMILES string of the molecule is CCCN(CCC)CCCOC(=O)c1ccc2c(c1)Cc1cc(C(=O)OCCCN(CCC)CCC)ccc1-2. The van der Waals surface area contributed by atoms with Gasteiger partial charge in [-0.1, -0.05) is 39.8 Å². The van der Waals surface area contributed by atoms with Crippen LogP contribution in [0.25, 0.3) is 11.1 Å². The largest absolute Gasteiger partial charge is 0.462 e. The number of esters is 2. The van der Waals surface area contributed by atoms with Gasteiger partial charge in [-0.2, -0.15) is 0 Å². The van der Waals surface area contributed by atoms with E-state index in [-0.39, 0.29) is 11.9 Å². The van der Waals surface area contributed by atoms with Crippen LogP contribution in [-0.2, 0) is 15.9 Å². The Morgan fingerprint density at radius 2 is 1.00 bits per heavy atom. The second-order valence-electron chi connectivity index (χ2n) is 10.6. The van der Waals surface area contributed by atoms with E-state index in [2.05, 4.69) is 37.5 Å². The summed E-state index contributed by atoms with van der Waals surface area (Å²) in [4.78, 5) is 30.3. The van der Waals surface area contributed by atoms with Crippen LogP contribution in [0.3, 0.4) is 0 Å². The number of rotatable bonds is 18. The van der Waals surface area contributed by atoms with Crippen molar-refractivity contribution in [1.29, 1.82) is 0 Å². The molecule has 2 aromatic carbocycles. The van der Waals surface area contributed by atoms with Crippen molar-refractivity contribution in [3.8, 4) is 11.1 Å². The molecule has 0 unspecified atom stereocenters. The van der Waals surface area contributed by atoms with Gasteiger partial charge in [-0.05, 0) is 118 Å². The Balaban J connectivity index is 1.50. The van der Waals surface area contributed by atoms with Crippen molar-refractivity contribution in [1.82, 2.24) is 9.80 Å². The Kier molecular flexibility index (Phi) is 13.0. The van der Waals surface area contributed by atoms with Gasteiger partial charge in [0.2, 0.25) is 0 Å². The second kappa shape index (κ2) is 16.4. The zero-order valence-corrected chi connectivity index (χ0v) is 24.6. The molecule has 0 aliphatic heterocycles. The fraction of sp³-hybridized carbons (Fsp3) is 0.576. The van der Waals surface area contributed by atoms with Crippen molar-refractivity contribution in [3.05, 3.63) is 58.7 Å². The van der Waals surface area contributed by atoms with E-state index in [1.807, 2.05) is 36.4 Å². The lowest BCUT2D eigenvalue weighted by molar-refractivity contribution is 0.0479. The Bertz CT molecular complexity index is 972. The summed E-state index contributed by atoms with van der Waals surface area (Å²) in [6.45, 7) is 15.9. The molecule has 0 bridgehead atoms. The Hall–Kier alpha value is -2.70. The van der Waals surface area contributed by atoms with Gasteiger partial charge in [0.25, 0.3) is 0 Å². The van der Waals surface area contributed by atoms with Crippen LogP contribution in [-0.4, -0.2) is 74.2 Å². The summed E-state index contributed by atoms with van der Waals surface area (Å²) in [6, 6.07) is 11.6. The molecule has 6 heteroatoms. The van der Waals surface area contributed by atoms with E-state index in [0.717, 1.165) is 100 Å². The van der Waals surface area contributed by atoms with Crippen LogP contribution in [0.5, 0.6) is 0 Å². The smallest absolute Gasteiger partial charge is 0.338 e. The number of carbonyl (C=O) groups excluding carboxylic acids is 2. The maximum absolute atomic E-state index is 12.7. The zero-order chi connectivity index (χ0) is 28.0. The lowest BCUT2D eigenvalue weighted by Gasteiger charge is -2.20. The molecule has 0 fully saturated rings. The lowest BCUT2D eigenvalue weighted by Crippen LogP contribution is -2.27. The van der Waals surface area contributed by atoms with E-state index in [1.54, 1.807) is 0 Å². The predicted molar refractivity (Wildman–Crippen MR) is 159 cm³/mol. The highest BCUT2D eigenvalue weighted by Gasteiger charge is 2.22. The average molecular weight is 537 g/mol. The standard InChI is InChI=1S/C33H48N2O4/c1-5-15-34(16-6-2)19-9-21-38-32(36)26-11-13-30-28(23-26)25-29-24-27(12-14-31(29)30)33(37)39-22-10-20-35(17-7-3)18-8-4/h11-14,23-24H,5-10,15-22,25H2,1-4H3. The molecule has 0 amide bonds. The molecular weight excluding hydrogens is 488 g/mol. The minimum atomic E-state index is -0.271. The normalized spacial score (nSPS) is 12.1. The van der Waals surface area contributed by atoms with Crippen LogP contribution in [0.2, 0.25) is 0 Å². The molecular formula is C33H48N2O4. The molecule has 214 valence electrons. The first kappa shape index (κ1) is 30.8. The highest BCUT2D eigenvalue weighted by atomic mass is 16.5. The van der Waals surface area contributed by atoms with Gasteiger partial charge in [-0.3, -0.25) is 0 Å². The monoisotopic (exact) mass is 536 g/mol. The van der Waals surface area contributed by atoms with E-state index in [9.17, 15) is 9.59 Å². The molecule has 3 rings (SSSR count). The summed E-state index contributed by atoms with van der Waals surface area (Å²) < 4.78 is 11.2. The number of hydrogen-bond acceptors (Lipinski definition) is 6. The third kappa shape index (κ3) is 9.18. The molecule has 39 heavy (non-hydrogen) atoms. The van der Waals surface area contributed by atoms with Gasteiger partial charge in [0.1, 0.15) is 0 Å². The topological polar surface area (TPSA) is 59.1 Å². The van der Waals surface area contributed by atoms with Crippen LogP contribution >= 0.6 is 0 Å². The highest BCUT2D eigenvalue weighted by Crippen LogP contribution is 2.37. The van der Waals surface area contributed by atoms with Crippen molar-refractivity contribution in [3.63, 3.8) is 0 Å². The fourth-order valence-corrected chi connectivity index (χ4v) is 5.47. The van der Waals surface area contributed by atoms with E-state index in [4.69, 9.17) is 9.47 Å². The van der Waals surface area contributed by atoms with Crippen molar-refractivity contribution in [2.45, 2.75) is 72.6 Å². The first-order valence-corrected chi connectivity index (χ1v) is 15.1. The number of ether oxygens (including phenoxy) is 2. The highest BCUT2D eigenvalue weighted by molar-refractivity contribution is 5.93. The molecule has 0 spiro atoms. The minimum Gasteiger partial charge on any atom is -0.462 e. The molecule has 0 N–H and O–H groups in total. The van der Waals surface area contributed by atoms with Crippen LogP contribution in [0.1, 0.15) is 98.1 Å². The predicted octanol–water partition coefficient (Wildman–Crippen LogP) is 6.60. The van der Waals surface area contributed by atoms with Crippen molar-refractivity contribution in [2.24, 2.45) is 0 Å². The van der Waals surface area contributed by atoms with Gasteiger partial charge in [0.15, 0.2) is 0 Å². The van der Waals surface area contributed by atoms with Gasteiger partial charge >= 0.3 is 11.9 Å². The van der Waals surface area contributed by atoms with E-state index in [0.29, 0.717) is 30.8 Å². The number of fused-ring (bicyclic) bond motifs is 3. The van der Waals surface area contributed by atoms with Crippen LogP contribution in [0, 0.1) is 0 Å².